The molecule has 0 amide bonds. The van der Waals surface area contributed by atoms with E-state index in [1.165, 1.54) is 10.6 Å². The smallest absolute Gasteiger partial charge is 0.422 e. The number of imidazole rings is 1. The summed E-state index contributed by atoms with van der Waals surface area (Å²) in [5.41, 5.74) is 2.37. The van der Waals surface area contributed by atoms with Crippen molar-refractivity contribution < 1.29 is 22.6 Å². The second-order valence-corrected chi connectivity index (χ2v) is 8.76. The molecule has 1 saturated heterocycles. The van der Waals surface area contributed by atoms with E-state index in [0.717, 1.165) is 24.9 Å². The number of hydrogen-bond donors (Lipinski definition) is 0. The molecular weight excluding hydrogens is 463 g/mol. The van der Waals surface area contributed by atoms with Gasteiger partial charge in [-0.25, -0.2) is 4.79 Å². The van der Waals surface area contributed by atoms with E-state index in [0.29, 0.717) is 36.8 Å². The molecule has 190 valence electrons. The van der Waals surface area contributed by atoms with Crippen molar-refractivity contribution in [1.82, 2.24) is 18.9 Å². The van der Waals surface area contributed by atoms with Gasteiger partial charge in [-0.2, -0.15) is 18.3 Å². The number of ether oxygens (including phenoxy) is 2. The molecule has 0 bridgehead atoms. The third-order valence-electron chi connectivity index (χ3n) is 6.18. The second-order valence-electron chi connectivity index (χ2n) is 8.76. The van der Waals surface area contributed by atoms with Gasteiger partial charge in [-0.15, -0.1) is 0 Å². The molecule has 4 rings (SSSR count). The van der Waals surface area contributed by atoms with Crippen molar-refractivity contribution in [3.63, 3.8) is 0 Å². The topological polar surface area (TPSA) is 66.4 Å². The van der Waals surface area contributed by atoms with Crippen LogP contribution in [-0.4, -0.2) is 58.0 Å². The van der Waals surface area contributed by atoms with Crippen molar-refractivity contribution in [2.24, 2.45) is 0 Å². The van der Waals surface area contributed by atoms with Gasteiger partial charge in [-0.1, -0.05) is 0 Å². The molecule has 1 aliphatic heterocycles. The lowest BCUT2D eigenvalue weighted by atomic mass is 10.1. The summed E-state index contributed by atoms with van der Waals surface area (Å²) in [6.45, 7) is 4.68. The third-order valence-corrected chi connectivity index (χ3v) is 6.18. The average molecular weight is 494 g/mol. The lowest BCUT2D eigenvalue weighted by Crippen LogP contribution is -2.36. The van der Waals surface area contributed by atoms with Crippen LogP contribution < -0.4 is 15.3 Å². The number of benzene rings is 1. The van der Waals surface area contributed by atoms with Gasteiger partial charge in [0.2, 0.25) is 0 Å². The van der Waals surface area contributed by atoms with Crippen LogP contribution in [0.25, 0.3) is 5.69 Å². The van der Waals surface area contributed by atoms with Crippen LogP contribution in [-0.2, 0) is 17.8 Å². The first-order chi connectivity index (χ1) is 16.6. The Morgan fingerprint density at radius 3 is 2.60 bits per heavy atom. The second kappa shape index (κ2) is 10.2. The highest BCUT2D eigenvalue weighted by molar-refractivity contribution is 5.58. The number of anilines is 1. The Bertz CT molecular complexity index is 1210. The van der Waals surface area contributed by atoms with Gasteiger partial charge < -0.3 is 14.4 Å². The number of nitrogens with zero attached hydrogens (tertiary/aromatic N) is 5. The molecule has 0 saturated carbocycles. The molecule has 3 heterocycles. The van der Waals surface area contributed by atoms with Crippen molar-refractivity contribution in [1.29, 1.82) is 0 Å². The van der Waals surface area contributed by atoms with E-state index < -0.39 is 12.8 Å². The maximum atomic E-state index is 13.3. The van der Waals surface area contributed by atoms with Gasteiger partial charge in [0.15, 0.2) is 6.61 Å². The fourth-order valence-electron chi connectivity index (χ4n) is 4.34. The summed E-state index contributed by atoms with van der Waals surface area (Å²) in [7, 11) is 1.90. The molecule has 0 atom stereocenters. The van der Waals surface area contributed by atoms with Crippen LogP contribution in [0.1, 0.15) is 31.0 Å². The van der Waals surface area contributed by atoms with Gasteiger partial charge in [0.05, 0.1) is 18.4 Å². The molecule has 3 aromatic rings. The van der Waals surface area contributed by atoms with E-state index in [1.807, 2.05) is 31.1 Å². The molecule has 2 aromatic heterocycles. The molecule has 0 spiro atoms. The lowest BCUT2D eigenvalue weighted by molar-refractivity contribution is -0.153. The molecule has 0 radical (unpaired) electrons. The highest BCUT2D eigenvalue weighted by Gasteiger charge is 2.29. The molecule has 0 unspecified atom stereocenters. The Balaban J connectivity index is 1.70. The maximum absolute atomic E-state index is 13.3. The number of aryl methyl sites for hydroxylation is 2. The first-order valence-electron chi connectivity index (χ1n) is 11.6. The molecule has 8 nitrogen and oxygen atoms in total. The van der Waals surface area contributed by atoms with Gasteiger partial charge in [-0.3, -0.25) is 13.8 Å². The fraction of sp³-hybridized carbons (Fsp3) is 0.500. The third kappa shape index (κ3) is 5.90. The molecular formula is C24H30F3N5O3. The molecule has 11 heteroatoms. The SMILES string of the molecule is CCn1cc(Cn2cc(C)n(-c3cc(OCC(F)(F)F)cc(N(C)C4CCOCC4)c3)c2=O)cn1. The first kappa shape index (κ1) is 24.9. The number of halogens is 3. The van der Waals surface area contributed by atoms with Crippen molar-refractivity contribution in [2.75, 3.05) is 31.8 Å². The lowest BCUT2D eigenvalue weighted by Gasteiger charge is -2.33. The van der Waals surface area contributed by atoms with E-state index in [1.54, 1.807) is 34.6 Å². The first-order valence-corrected chi connectivity index (χ1v) is 11.6. The van der Waals surface area contributed by atoms with Crippen LogP contribution in [0.5, 0.6) is 5.75 Å². The Labute approximate surface area is 201 Å². The Morgan fingerprint density at radius 1 is 1.20 bits per heavy atom. The van der Waals surface area contributed by atoms with Crippen molar-refractivity contribution in [2.45, 2.75) is 52.0 Å². The van der Waals surface area contributed by atoms with Crippen molar-refractivity contribution in [3.8, 4) is 11.4 Å². The standard InChI is InChI=1S/C24H30F3N5O3/c1-4-31-15-18(12-28-31)14-30-13-17(2)32(23(30)33)21-9-20(29(3)19-5-7-34-8-6-19)10-22(11-21)35-16-24(25,26)27/h9-13,15,19H,4-8,14,16H2,1-3H3. The molecule has 1 aliphatic rings. The Hall–Kier alpha value is -3.21. The zero-order chi connectivity index (χ0) is 25.2. The highest BCUT2D eigenvalue weighted by atomic mass is 19.4. The van der Waals surface area contributed by atoms with Crippen LogP contribution in [0.4, 0.5) is 18.9 Å². The molecule has 0 N–H and O–H groups in total. The maximum Gasteiger partial charge on any atom is 0.422 e. The Morgan fingerprint density at radius 2 is 1.94 bits per heavy atom. The van der Waals surface area contributed by atoms with Gasteiger partial charge >= 0.3 is 11.9 Å². The highest BCUT2D eigenvalue weighted by Crippen LogP contribution is 2.30. The Kier molecular flexibility index (Phi) is 7.25. The summed E-state index contributed by atoms with van der Waals surface area (Å²) in [5.74, 6) is 0.0528. The normalized spacial score (nSPS) is 14.9. The van der Waals surface area contributed by atoms with Gasteiger partial charge in [0.25, 0.3) is 0 Å². The summed E-state index contributed by atoms with van der Waals surface area (Å²) in [6, 6.07) is 5.04. The molecule has 1 aromatic carbocycles. The van der Waals surface area contributed by atoms with Crippen molar-refractivity contribution in [3.05, 3.63) is 58.5 Å². The van der Waals surface area contributed by atoms with Crippen molar-refractivity contribution >= 4 is 5.69 Å². The van der Waals surface area contributed by atoms with Crippen LogP contribution in [0.15, 0.2) is 41.6 Å². The van der Waals surface area contributed by atoms with E-state index in [4.69, 9.17) is 9.47 Å². The average Bonchev–Trinajstić information content (AvgIpc) is 3.40. The monoisotopic (exact) mass is 493 g/mol. The van der Waals surface area contributed by atoms with E-state index in [-0.39, 0.29) is 17.5 Å². The van der Waals surface area contributed by atoms with Crippen LogP contribution in [0, 0.1) is 6.92 Å². The summed E-state index contributed by atoms with van der Waals surface area (Å²) >= 11 is 0. The number of alkyl halides is 3. The van der Waals surface area contributed by atoms with Crippen LogP contribution in [0.2, 0.25) is 0 Å². The molecule has 0 aliphatic carbocycles. The summed E-state index contributed by atoms with van der Waals surface area (Å²) in [5, 5.41) is 4.25. The quantitative estimate of drug-likeness (QED) is 0.478. The zero-order valence-corrected chi connectivity index (χ0v) is 20.1. The zero-order valence-electron chi connectivity index (χ0n) is 20.1. The van der Waals surface area contributed by atoms with E-state index in [9.17, 15) is 18.0 Å². The number of hydrogen-bond acceptors (Lipinski definition) is 5. The minimum Gasteiger partial charge on any atom is -0.484 e. The number of rotatable bonds is 8. The van der Waals surface area contributed by atoms with Crippen LogP contribution >= 0.6 is 0 Å². The molecule has 35 heavy (non-hydrogen) atoms. The van der Waals surface area contributed by atoms with Gasteiger partial charge in [0, 0.05) is 74.3 Å². The van der Waals surface area contributed by atoms with E-state index >= 15 is 0 Å². The summed E-state index contributed by atoms with van der Waals surface area (Å²) in [6.07, 6.45) is 2.47. The largest absolute Gasteiger partial charge is 0.484 e. The minimum absolute atomic E-state index is 0.0528. The minimum atomic E-state index is -4.47. The van der Waals surface area contributed by atoms with E-state index in [2.05, 4.69) is 5.10 Å². The van der Waals surface area contributed by atoms with Gasteiger partial charge in [0.1, 0.15) is 5.75 Å². The summed E-state index contributed by atoms with van der Waals surface area (Å²) < 4.78 is 54.0. The van der Waals surface area contributed by atoms with Gasteiger partial charge in [-0.05, 0) is 32.8 Å². The fourth-order valence-corrected chi connectivity index (χ4v) is 4.34. The van der Waals surface area contributed by atoms with Crippen LogP contribution in [0.3, 0.4) is 0 Å². The predicted octanol–water partition coefficient (Wildman–Crippen LogP) is 3.77. The predicted molar refractivity (Wildman–Crippen MR) is 126 cm³/mol. The summed E-state index contributed by atoms with van der Waals surface area (Å²) in [4.78, 5) is 15.3. The molecule has 1 fully saturated rings. The number of aromatic nitrogens is 4.